The van der Waals surface area contributed by atoms with E-state index in [1.54, 1.807) is 0 Å². The van der Waals surface area contributed by atoms with Crippen molar-refractivity contribution in [1.82, 2.24) is 0 Å². The maximum Gasteiger partial charge on any atom is 0.262 e. The third-order valence-corrected chi connectivity index (χ3v) is 7.14. The van der Waals surface area contributed by atoms with Crippen LogP contribution in [0.15, 0.2) is 90.0 Å². The van der Waals surface area contributed by atoms with Gasteiger partial charge in [0.05, 0.1) is 18.4 Å². The highest BCUT2D eigenvalue weighted by Gasteiger charge is 2.25. The van der Waals surface area contributed by atoms with E-state index >= 15 is 0 Å². The van der Waals surface area contributed by atoms with Gasteiger partial charge in [-0.2, -0.15) is 0 Å². The maximum atomic E-state index is 11.9. The van der Waals surface area contributed by atoms with Crippen LogP contribution < -0.4 is 10.1 Å². The molecule has 0 bridgehead atoms. The molecule has 1 amide bonds. The fourth-order valence-corrected chi connectivity index (χ4v) is 5.40. The van der Waals surface area contributed by atoms with E-state index in [4.69, 9.17) is 9.47 Å². The highest BCUT2D eigenvalue weighted by molar-refractivity contribution is 5.98. The van der Waals surface area contributed by atoms with Crippen LogP contribution >= 0.6 is 0 Å². The van der Waals surface area contributed by atoms with Crippen LogP contribution in [0.25, 0.3) is 11.6 Å². The van der Waals surface area contributed by atoms with Crippen LogP contribution in [-0.2, 0) is 22.6 Å². The Bertz CT molecular complexity index is 1410. The molecule has 36 heavy (non-hydrogen) atoms. The lowest BCUT2D eigenvalue weighted by atomic mass is 9.87. The minimum absolute atomic E-state index is 0.0657. The molecule has 180 valence electrons. The Morgan fingerprint density at radius 1 is 1.06 bits per heavy atom. The molecule has 0 saturated heterocycles. The molecule has 0 aromatic heterocycles. The van der Waals surface area contributed by atoms with Crippen molar-refractivity contribution >= 4 is 23.2 Å². The summed E-state index contributed by atoms with van der Waals surface area (Å²) in [4.78, 5) is 11.9. The summed E-state index contributed by atoms with van der Waals surface area (Å²) in [7, 11) is 0. The molecule has 6 rings (SSSR count). The predicted octanol–water partition coefficient (Wildman–Crippen LogP) is 6.65. The smallest absolute Gasteiger partial charge is 0.262 e. The molecule has 4 heteroatoms. The Morgan fingerprint density at radius 2 is 1.89 bits per heavy atom. The van der Waals surface area contributed by atoms with Crippen LogP contribution in [0.5, 0.6) is 5.75 Å². The molecule has 0 radical (unpaired) electrons. The Balaban J connectivity index is 1.35. The van der Waals surface area contributed by atoms with E-state index < -0.39 is 0 Å². The van der Waals surface area contributed by atoms with Crippen molar-refractivity contribution in [2.75, 3.05) is 11.9 Å². The second-order valence-electron chi connectivity index (χ2n) is 9.68. The number of aryl methyl sites for hydroxylation is 2. The summed E-state index contributed by atoms with van der Waals surface area (Å²) < 4.78 is 12.0. The number of amides is 1. The lowest BCUT2D eigenvalue weighted by Gasteiger charge is -2.24. The summed E-state index contributed by atoms with van der Waals surface area (Å²) in [6.45, 7) is 2.71. The first-order chi connectivity index (χ1) is 17.6. The van der Waals surface area contributed by atoms with Gasteiger partial charge in [-0.25, -0.2) is 0 Å². The van der Waals surface area contributed by atoms with E-state index in [0.29, 0.717) is 6.61 Å². The molecule has 1 atom stereocenters. The second-order valence-corrected chi connectivity index (χ2v) is 9.68. The van der Waals surface area contributed by atoms with Crippen LogP contribution in [0.4, 0.5) is 5.69 Å². The zero-order chi connectivity index (χ0) is 24.5. The Labute approximate surface area is 212 Å². The fraction of sp³-hybridized carbons (Fsp3) is 0.219. The number of nitrogens with one attached hydrogen (secondary N) is 1. The standard InChI is InChI=1S/C32H29NO3/c1-21-15-23(17-30-32(21)36-20-31(34)33-30)16-29-27-10-6-5-9-24(27)11-12-25-18-26(13-14-28(25)29)35-19-22-7-3-2-4-8-22/h2-10,13-17,26H,11-12,18-20H2,1H3,(H,33,34)/b29-16+. The maximum absolute atomic E-state index is 11.9. The summed E-state index contributed by atoms with van der Waals surface area (Å²) in [5.74, 6) is 0.641. The van der Waals surface area contributed by atoms with Gasteiger partial charge in [0.2, 0.25) is 0 Å². The SMILES string of the molecule is Cc1cc(/C=C2/C3=C(CCc4ccccc42)CC(OCc2ccccc2)C=C3)cc2c1OCC(=O)N2. The topological polar surface area (TPSA) is 47.6 Å². The van der Waals surface area contributed by atoms with Crippen LogP contribution in [0, 0.1) is 6.92 Å². The number of carbonyl (C=O) groups is 1. The number of anilines is 1. The van der Waals surface area contributed by atoms with Crippen LogP contribution in [0.1, 0.15) is 40.7 Å². The van der Waals surface area contributed by atoms with E-state index in [1.165, 1.54) is 33.4 Å². The summed E-state index contributed by atoms with van der Waals surface area (Å²) in [6.07, 6.45) is 9.71. The summed E-state index contributed by atoms with van der Waals surface area (Å²) >= 11 is 0. The molecule has 1 aliphatic heterocycles. The van der Waals surface area contributed by atoms with Gasteiger partial charge >= 0.3 is 0 Å². The van der Waals surface area contributed by atoms with Crippen molar-refractivity contribution in [1.29, 1.82) is 0 Å². The van der Waals surface area contributed by atoms with Gasteiger partial charge in [-0.05, 0) is 83.4 Å². The van der Waals surface area contributed by atoms with Crippen molar-refractivity contribution in [3.05, 3.63) is 118 Å². The molecule has 1 heterocycles. The molecule has 1 unspecified atom stereocenters. The highest BCUT2D eigenvalue weighted by atomic mass is 16.5. The van der Waals surface area contributed by atoms with Gasteiger partial charge in [-0.3, -0.25) is 4.79 Å². The fourth-order valence-electron chi connectivity index (χ4n) is 5.40. The van der Waals surface area contributed by atoms with E-state index in [0.717, 1.165) is 41.8 Å². The number of allylic oxidation sites excluding steroid dienone is 3. The van der Waals surface area contributed by atoms with E-state index in [1.807, 2.05) is 19.1 Å². The quantitative estimate of drug-likeness (QED) is 0.459. The number of benzene rings is 3. The van der Waals surface area contributed by atoms with Gasteiger partial charge < -0.3 is 14.8 Å². The highest BCUT2D eigenvalue weighted by Crippen LogP contribution is 2.41. The van der Waals surface area contributed by atoms with Gasteiger partial charge in [0.25, 0.3) is 5.91 Å². The van der Waals surface area contributed by atoms with Gasteiger partial charge in [0.1, 0.15) is 5.75 Å². The first-order valence-electron chi connectivity index (χ1n) is 12.6. The van der Waals surface area contributed by atoms with Crippen molar-refractivity contribution in [3.63, 3.8) is 0 Å². The van der Waals surface area contributed by atoms with Crippen LogP contribution in [0.3, 0.4) is 0 Å². The first kappa shape index (κ1) is 22.6. The lowest BCUT2D eigenvalue weighted by Crippen LogP contribution is -2.25. The first-order valence-corrected chi connectivity index (χ1v) is 12.6. The lowest BCUT2D eigenvalue weighted by molar-refractivity contribution is -0.118. The van der Waals surface area contributed by atoms with E-state index in [-0.39, 0.29) is 18.6 Å². The molecular weight excluding hydrogens is 446 g/mol. The minimum atomic E-state index is -0.117. The number of rotatable bonds is 4. The molecule has 3 aliphatic rings. The predicted molar refractivity (Wildman–Crippen MR) is 144 cm³/mol. The van der Waals surface area contributed by atoms with E-state index in [2.05, 4.69) is 78.1 Å². The largest absolute Gasteiger partial charge is 0.481 e. The van der Waals surface area contributed by atoms with Gasteiger partial charge in [0, 0.05) is 0 Å². The normalized spacial score (nSPS) is 19.6. The summed E-state index contributed by atoms with van der Waals surface area (Å²) in [5, 5.41) is 2.96. The van der Waals surface area contributed by atoms with Crippen molar-refractivity contribution in [3.8, 4) is 5.75 Å². The third kappa shape index (κ3) is 4.52. The van der Waals surface area contributed by atoms with Gasteiger partial charge in [-0.15, -0.1) is 0 Å². The minimum Gasteiger partial charge on any atom is -0.481 e. The summed E-state index contributed by atoms with van der Waals surface area (Å²) in [6, 6.07) is 23.2. The molecule has 0 spiro atoms. The zero-order valence-corrected chi connectivity index (χ0v) is 20.4. The molecule has 3 aromatic rings. The molecule has 4 nitrogen and oxygen atoms in total. The van der Waals surface area contributed by atoms with Crippen LogP contribution in [-0.4, -0.2) is 18.6 Å². The molecule has 0 fully saturated rings. The summed E-state index contributed by atoms with van der Waals surface area (Å²) in [5.41, 5.74) is 10.6. The van der Waals surface area contributed by atoms with Gasteiger partial charge in [0.15, 0.2) is 6.61 Å². The Kier molecular flexibility index (Phi) is 6.04. The monoisotopic (exact) mass is 475 g/mol. The van der Waals surface area contributed by atoms with Crippen LogP contribution in [0.2, 0.25) is 0 Å². The van der Waals surface area contributed by atoms with Crippen molar-refractivity contribution < 1.29 is 14.3 Å². The van der Waals surface area contributed by atoms with Crippen molar-refractivity contribution in [2.24, 2.45) is 0 Å². The molecule has 0 saturated carbocycles. The Morgan fingerprint density at radius 3 is 2.78 bits per heavy atom. The molecule has 2 aliphatic carbocycles. The van der Waals surface area contributed by atoms with E-state index in [9.17, 15) is 4.79 Å². The number of fused-ring (bicyclic) bond motifs is 2. The zero-order valence-electron chi connectivity index (χ0n) is 20.4. The van der Waals surface area contributed by atoms with Gasteiger partial charge in [-0.1, -0.05) is 72.3 Å². The number of hydrogen-bond donors (Lipinski definition) is 1. The van der Waals surface area contributed by atoms with Crippen molar-refractivity contribution in [2.45, 2.75) is 38.9 Å². The molecule has 3 aromatic carbocycles. The number of carbonyl (C=O) groups excluding carboxylic acids is 1. The number of hydrogen-bond acceptors (Lipinski definition) is 3. The average molecular weight is 476 g/mol. The third-order valence-electron chi connectivity index (χ3n) is 7.14. The Hall–Kier alpha value is -3.89. The molecule has 1 N–H and O–H groups in total. The average Bonchev–Trinajstić information content (AvgIpc) is 3.05. The molecular formula is C32H29NO3. The second kappa shape index (κ2) is 9.63. The number of ether oxygens (including phenoxy) is 2.